The summed E-state index contributed by atoms with van der Waals surface area (Å²) in [5.74, 6) is -0.120. The van der Waals surface area contributed by atoms with Crippen molar-refractivity contribution < 1.29 is 14.3 Å². The van der Waals surface area contributed by atoms with E-state index in [9.17, 15) is 9.59 Å². The number of ether oxygens (including phenoxy) is 1. The molecule has 6 nitrogen and oxygen atoms in total. The second kappa shape index (κ2) is 11.1. The van der Waals surface area contributed by atoms with Crippen LogP contribution in [-0.4, -0.2) is 36.0 Å². The van der Waals surface area contributed by atoms with E-state index in [1.165, 1.54) is 0 Å². The van der Waals surface area contributed by atoms with E-state index >= 15 is 0 Å². The Morgan fingerprint density at radius 3 is 2.59 bits per heavy atom. The Bertz CT molecular complexity index is 1310. The number of fused-ring (bicyclic) bond motifs is 1. The quantitative estimate of drug-likeness (QED) is 0.285. The molecular weight excluding hydrogens is 473 g/mol. The molecule has 34 heavy (non-hydrogen) atoms. The van der Waals surface area contributed by atoms with Gasteiger partial charge in [0.25, 0.3) is 5.91 Å². The first kappa shape index (κ1) is 23.7. The van der Waals surface area contributed by atoms with Gasteiger partial charge < -0.3 is 20.4 Å². The van der Waals surface area contributed by atoms with Crippen LogP contribution in [0.1, 0.15) is 15.9 Å². The number of aromatic nitrogens is 1. The van der Waals surface area contributed by atoms with Crippen molar-refractivity contribution in [3.05, 3.63) is 100 Å². The van der Waals surface area contributed by atoms with Crippen LogP contribution >= 0.6 is 23.2 Å². The van der Waals surface area contributed by atoms with Gasteiger partial charge in [-0.15, -0.1) is 0 Å². The van der Waals surface area contributed by atoms with Crippen molar-refractivity contribution in [1.82, 2.24) is 15.6 Å². The summed E-state index contributed by atoms with van der Waals surface area (Å²) in [5, 5.41) is 7.57. The highest BCUT2D eigenvalue weighted by Crippen LogP contribution is 2.20. The van der Waals surface area contributed by atoms with Gasteiger partial charge in [0.2, 0.25) is 5.91 Å². The average molecular weight is 496 g/mol. The number of para-hydroxylation sites is 1. The normalized spacial score (nSPS) is 11.7. The highest BCUT2D eigenvalue weighted by molar-refractivity contribution is 6.33. The molecule has 0 aliphatic carbocycles. The van der Waals surface area contributed by atoms with Crippen LogP contribution in [0, 0.1) is 0 Å². The van der Waals surface area contributed by atoms with Crippen LogP contribution in [0.2, 0.25) is 10.0 Å². The lowest BCUT2D eigenvalue weighted by Gasteiger charge is -2.19. The van der Waals surface area contributed by atoms with Crippen molar-refractivity contribution in [2.45, 2.75) is 12.5 Å². The molecule has 1 aromatic heterocycles. The third-order valence-electron chi connectivity index (χ3n) is 5.31. The number of benzene rings is 3. The zero-order chi connectivity index (χ0) is 23.9. The number of amides is 2. The second-order valence-electron chi connectivity index (χ2n) is 7.67. The lowest BCUT2D eigenvalue weighted by atomic mass is 10.0. The molecule has 1 heterocycles. The first-order valence-corrected chi connectivity index (χ1v) is 11.5. The molecule has 3 N–H and O–H groups in total. The minimum Gasteiger partial charge on any atom is -0.492 e. The third-order valence-corrected chi connectivity index (χ3v) is 5.87. The van der Waals surface area contributed by atoms with E-state index in [-0.39, 0.29) is 19.1 Å². The van der Waals surface area contributed by atoms with Gasteiger partial charge in [-0.2, -0.15) is 0 Å². The number of carbonyl (C=O) groups is 2. The maximum Gasteiger partial charge on any atom is 0.253 e. The standard InChI is InChI=1S/C26H23Cl2N3O3/c27-18-6-5-7-19(15-18)34-13-12-29-26(33)24(31-25(32)21-9-1-3-10-22(21)28)14-17-16-30-23-11-4-2-8-20(17)23/h1-11,15-16,24,30H,12-14H2,(H,29,33)(H,31,32). The molecule has 0 fully saturated rings. The van der Waals surface area contributed by atoms with E-state index in [0.29, 0.717) is 27.8 Å². The van der Waals surface area contributed by atoms with Gasteiger partial charge in [0.15, 0.2) is 0 Å². The molecule has 3 aromatic carbocycles. The molecule has 0 bridgehead atoms. The molecule has 174 valence electrons. The molecule has 0 radical (unpaired) electrons. The lowest BCUT2D eigenvalue weighted by molar-refractivity contribution is -0.123. The van der Waals surface area contributed by atoms with Crippen LogP contribution in [0.25, 0.3) is 10.9 Å². The first-order chi connectivity index (χ1) is 16.5. The van der Waals surface area contributed by atoms with Crippen LogP contribution < -0.4 is 15.4 Å². The predicted molar refractivity (Wildman–Crippen MR) is 135 cm³/mol. The van der Waals surface area contributed by atoms with Gasteiger partial charge in [-0.1, -0.05) is 59.6 Å². The third kappa shape index (κ3) is 5.90. The molecule has 0 aliphatic rings. The summed E-state index contributed by atoms with van der Waals surface area (Å²) < 4.78 is 5.64. The molecule has 0 saturated carbocycles. The number of halogens is 2. The highest BCUT2D eigenvalue weighted by Gasteiger charge is 2.24. The number of carbonyl (C=O) groups excluding carboxylic acids is 2. The Balaban J connectivity index is 1.45. The smallest absolute Gasteiger partial charge is 0.253 e. The number of rotatable bonds is 9. The minimum absolute atomic E-state index is 0.254. The zero-order valence-electron chi connectivity index (χ0n) is 18.2. The summed E-state index contributed by atoms with van der Waals surface area (Å²) in [6.45, 7) is 0.516. The number of aromatic amines is 1. The highest BCUT2D eigenvalue weighted by atomic mass is 35.5. The fourth-order valence-electron chi connectivity index (χ4n) is 3.63. The Labute approximate surface area is 207 Å². The van der Waals surface area contributed by atoms with Gasteiger partial charge >= 0.3 is 0 Å². The van der Waals surface area contributed by atoms with Crippen molar-refractivity contribution in [3.8, 4) is 5.75 Å². The fraction of sp³-hybridized carbons (Fsp3) is 0.154. The minimum atomic E-state index is -0.811. The molecule has 4 aromatic rings. The molecule has 1 unspecified atom stereocenters. The maximum absolute atomic E-state index is 13.1. The van der Waals surface area contributed by atoms with Crippen LogP contribution in [-0.2, 0) is 11.2 Å². The Morgan fingerprint density at radius 2 is 1.76 bits per heavy atom. The largest absolute Gasteiger partial charge is 0.492 e. The Kier molecular flexibility index (Phi) is 7.72. The Morgan fingerprint density at radius 1 is 0.971 bits per heavy atom. The van der Waals surface area contributed by atoms with E-state index < -0.39 is 11.9 Å². The summed E-state index contributed by atoms with van der Waals surface area (Å²) >= 11 is 12.1. The Hall–Kier alpha value is -3.48. The molecule has 0 aliphatic heterocycles. The van der Waals surface area contributed by atoms with Crippen LogP contribution in [0.4, 0.5) is 0 Å². The van der Waals surface area contributed by atoms with Gasteiger partial charge in [0, 0.05) is 28.5 Å². The lowest BCUT2D eigenvalue weighted by Crippen LogP contribution is -2.48. The molecule has 1 atom stereocenters. The maximum atomic E-state index is 13.1. The fourth-order valence-corrected chi connectivity index (χ4v) is 4.04. The van der Waals surface area contributed by atoms with Gasteiger partial charge in [-0.25, -0.2) is 0 Å². The van der Waals surface area contributed by atoms with Crippen molar-refractivity contribution in [1.29, 1.82) is 0 Å². The van der Waals surface area contributed by atoms with Crippen LogP contribution in [0.5, 0.6) is 5.75 Å². The topological polar surface area (TPSA) is 83.2 Å². The summed E-state index contributed by atoms with van der Waals surface area (Å²) in [5.41, 5.74) is 2.19. The van der Waals surface area contributed by atoms with Crippen LogP contribution in [0.15, 0.2) is 79.0 Å². The summed E-state index contributed by atoms with van der Waals surface area (Å²) in [6.07, 6.45) is 2.16. The predicted octanol–water partition coefficient (Wildman–Crippen LogP) is 5.01. The van der Waals surface area contributed by atoms with Gasteiger partial charge in [0.05, 0.1) is 17.1 Å². The molecule has 0 saturated heterocycles. The average Bonchev–Trinajstić information content (AvgIpc) is 3.24. The summed E-state index contributed by atoms with van der Waals surface area (Å²) in [6, 6.07) is 20.8. The molecule has 4 rings (SSSR count). The van der Waals surface area contributed by atoms with Gasteiger partial charge in [0.1, 0.15) is 18.4 Å². The van der Waals surface area contributed by atoms with Crippen LogP contribution in [0.3, 0.4) is 0 Å². The van der Waals surface area contributed by atoms with Crippen molar-refractivity contribution >= 4 is 45.9 Å². The molecule has 8 heteroatoms. The van der Waals surface area contributed by atoms with E-state index in [1.54, 1.807) is 48.5 Å². The van der Waals surface area contributed by atoms with Crippen molar-refractivity contribution in [2.24, 2.45) is 0 Å². The number of nitrogens with one attached hydrogen (secondary N) is 3. The molecule has 0 spiro atoms. The van der Waals surface area contributed by atoms with E-state index in [0.717, 1.165) is 16.5 Å². The van der Waals surface area contributed by atoms with Crippen molar-refractivity contribution in [2.75, 3.05) is 13.2 Å². The first-order valence-electron chi connectivity index (χ1n) is 10.8. The van der Waals surface area contributed by atoms with E-state index in [4.69, 9.17) is 27.9 Å². The van der Waals surface area contributed by atoms with Crippen molar-refractivity contribution in [3.63, 3.8) is 0 Å². The monoisotopic (exact) mass is 495 g/mol. The number of H-pyrrole nitrogens is 1. The number of hydrogen-bond donors (Lipinski definition) is 3. The zero-order valence-corrected chi connectivity index (χ0v) is 19.7. The SMILES string of the molecule is O=C(NC(Cc1c[nH]c2ccccc12)C(=O)NCCOc1cccc(Cl)c1)c1ccccc1Cl. The molecule has 2 amide bonds. The van der Waals surface area contributed by atoms with E-state index in [2.05, 4.69) is 15.6 Å². The number of hydrogen-bond acceptors (Lipinski definition) is 3. The second-order valence-corrected chi connectivity index (χ2v) is 8.51. The summed E-state index contributed by atoms with van der Waals surface area (Å²) in [4.78, 5) is 29.2. The molecular formula is C26H23Cl2N3O3. The summed E-state index contributed by atoms with van der Waals surface area (Å²) in [7, 11) is 0. The van der Waals surface area contributed by atoms with E-state index in [1.807, 2.05) is 30.5 Å². The van der Waals surface area contributed by atoms with Gasteiger partial charge in [-0.05, 0) is 42.0 Å². The van der Waals surface area contributed by atoms with Gasteiger partial charge in [-0.3, -0.25) is 9.59 Å².